The van der Waals surface area contributed by atoms with Crippen molar-refractivity contribution in [2.75, 3.05) is 6.61 Å². The fourth-order valence-corrected chi connectivity index (χ4v) is 0.986. The Kier molecular flexibility index (Phi) is 2.92. The zero-order chi connectivity index (χ0) is 9.84. The van der Waals surface area contributed by atoms with E-state index in [0.29, 0.717) is 5.69 Å². The van der Waals surface area contributed by atoms with Gasteiger partial charge in [0.25, 0.3) is 5.91 Å². The highest BCUT2D eigenvalue weighted by molar-refractivity contribution is 5.91. The van der Waals surface area contributed by atoms with Gasteiger partial charge in [0.05, 0.1) is 12.3 Å². The molecule has 3 N–H and O–H groups in total. The van der Waals surface area contributed by atoms with E-state index in [4.69, 9.17) is 10.8 Å². The van der Waals surface area contributed by atoms with E-state index in [1.807, 2.05) is 0 Å². The monoisotopic (exact) mass is 181 g/mol. The molecule has 1 atom stereocenters. The Morgan fingerprint density at radius 2 is 2.23 bits per heavy atom. The molecule has 0 spiro atoms. The van der Waals surface area contributed by atoms with Gasteiger partial charge < -0.3 is 10.8 Å². The van der Waals surface area contributed by atoms with Crippen molar-refractivity contribution in [1.82, 2.24) is 9.97 Å². The van der Waals surface area contributed by atoms with Crippen LogP contribution in [0.4, 0.5) is 0 Å². The van der Waals surface area contributed by atoms with E-state index >= 15 is 0 Å². The lowest BCUT2D eigenvalue weighted by Crippen LogP contribution is -2.19. The van der Waals surface area contributed by atoms with Gasteiger partial charge in [-0.2, -0.15) is 0 Å². The summed E-state index contributed by atoms with van der Waals surface area (Å²) in [6.45, 7) is 1.66. The minimum Gasteiger partial charge on any atom is -0.396 e. The van der Waals surface area contributed by atoms with E-state index in [2.05, 4.69) is 9.97 Å². The molecular weight excluding hydrogens is 170 g/mol. The Balaban J connectivity index is 3.11. The number of amides is 1. The third kappa shape index (κ3) is 2.00. The number of carbonyl (C=O) groups is 1. The number of aromatic nitrogens is 2. The molecule has 0 aliphatic rings. The standard InChI is InChI=1S/C8H11N3O2/c1-5(4-12)6-7(8(9)13)11-3-2-10-6/h2-3,5,12H,4H2,1H3,(H2,9,13)/t5-/m1/s1. The second-order valence-corrected chi connectivity index (χ2v) is 2.74. The van der Waals surface area contributed by atoms with Crippen LogP contribution in [0.25, 0.3) is 0 Å². The topological polar surface area (TPSA) is 89.1 Å². The average molecular weight is 181 g/mol. The fraction of sp³-hybridized carbons (Fsp3) is 0.375. The third-order valence-corrected chi connectivity index (χ3v) is 1.70. The highest BCUT2D eigenvalue weighted by atomic mass is 16.3. The summed E-state index contributed by atoms with van der Waals surface area (Å²) in [6, 6.07) is 0. The Hall–Kier alpha value is -1.49. The maximum absolute atomic E-state index is 10.9. The highest BCUT2D eigenvalue weighted by Crippen LogP contribution is 2.13. The molecule has 0 aromatic carbocycles. The molecule has 5 heteroatoms. The van der Waals surface area contributed by atoms with E-state index in [0.717, 1.165) is 0 Å². The predicted octanol–water partition coefficient (Wildman–Crippen LogP) is -0.329. The minimum absolute atomic E-state index is 0.0844. The number of aliphatic hydroxyl groups is 1. The third-order valence-electron chi connectivity index (χ3n) is 1.70. The number of primary amides is 1. The Bertz CT molecular complexity index is 314. The lowest BCUT2D eigenvalue weighted by molar-refractivity contribution is 0.0993. The number of aliphatic hydroxyl groups excluding tert-OH is 1. The summed E-state index contributed by atoms with van der Waals surface area (Å²) in [7, 11) is 0. The Labute approximate surface area is 75.6 Å². The number of rotatable bonds is 3. The highest BCUT2D eigenvalue weighted by Gasteiger charge is 2.15. The second kappa shape index (κ2) is 3.95. The smallest absolute Gasteiger partial charge is 0.269 e. The van der Waals surface area contributed by atoms with Gasteiger partial charge in [0.2, 0.25) is 0 Å². The zero-order valence-corrected chi connectivity index (χ0v) is 7.27. The van der Waals surface area contributed by atoms with Gasteiger partial charge in [-0.3, -0.25) is 9.78 Å². The van der Waals surface area contributed by atoms with Crippen molar-refractivity contribution in [2.45, 2.75) is 12.8 Å². The number of carbonyl (C=O) groups excluding carboxylic acids is 1. The van der Waals surface area contributed by atoms with Gasteiger partial charge in [0, 0.05) is 18.3 Å². The molecule has 0 unspecified atom stereocenters. The average Bonchev–Trinajstić information content (AvgIpc) is 2.16. The van der Waals surface area contributed by atoms with Crippen LogP contribution in [-0.4, -0.2) is 27.6 Å². The van der Waals surface area contributed by atoms with Crippen molar-refractivity contribution in [1.29, 1.82) is 0 Å². The molecule has 70 valence electrons. The quantitative estimate of drug-likeness (QED) is 0.668. The number of hydrogen-bond donors (Lipinski definition) is 2. The molecule has 1 rings (SSSR count). The van der Waals surface area contributed by atoms with E-state index in [9.17, 15) is 4.79 Å². The molecular formula is C8H11N3O2. The lowest BCUT2D eigenvalue weighted by atomic mass is 10.1. The molecule has 0 aliphatic heterocycles. The van der Waals surface area contributed by atoms with E-state index in [-0.39, 0.29) is 18.2 Å². The van der Waals surface area contributed by atoms with Crippen molar-refractivity contribution in [3.63, 3.8) is 0 Å². The summed E-state index contributed by atoms with van der Waals surface area (Å²) < 4.78 is 0. The minimum atomic E-state index is -0.622. The number of nitrogens with two attached hydrogens (primary N) is 1. The van der Waals surface area contributed by atoms with E-state index in [1.165, 1.54) is 12.4 Å². The van der Waals surface area contributed by atoms with Crippen molar-refractivity contribution >= 4 is 5.91 Å². The van der Waals surface area contributed by atoms with Crippen molar-refractivity contribution in [2.24, 2.45) is 5.73 Å². The molecule has 0 fully saturated rings. The molecule has 0 saturated heterocycles. The predicted molar refractivity (Wildman–Crippen MR) is 46.1 cm³/mol. The summed E-state index contributed by atoms with van der Waals surface area (Å²) in [5, 5.41) is 8.87. The Morgan fingerprint density at radius 1 is 1.62 bits per heavy atom. The van der Waals surface area contributed by atoms with Crippen molar-refractivity contribution in [3.8, 4) is 0 Å². The summed E-state index contributed by atoms with van der Waals surface area (Å²) in [6.07, 6.45) is 2.86. The Morgan fingerprint density at radius 3 is 2.77 bits per heavy atom. The summed E-state index contributed by atoms with van der Waals surface area (Å²) in [4.78, 5) is 18.6. The van der Waals surface area contributed by atoms with Crippen LogP contribution >= 0.6 is 0 Å². The summed E-state index contributed by atoms with van der Waals surface area (Å²) >= 11 is 0. The molecule has 1 amide bonds. The molecule has 5 nitrogen and oxygen atoms in total. The molecule has 1 aromatic rings. The second-order valence-electron chi connectivity index (χ2n) is 2.74. The lowest BCUT2D eigenvalue weighted by Gasteiger charge is -2.08. The van der Waals surface area contributed by atoms with Crippen LogP contribution in [0.1, 0.15) is 29.0 Å². The first-order valence-electron chi connectivity index (χ1n) is 3.88. The first-order valence-corrected chi connectivity index (χ1v) is 3.88. The van der Waals surface area contributed by atoms with E-state index < -0.39 is 5.91 Å². The van der Waals surface area contributed by atoms with Crippen LogP contribution in [-0.2, 0) is 0 Å². The maximum Gasteiger partial charge on any atom is 0.269 e. The number of hydrogen-bond acceptors (Lipinski definition) is 4. The van der Waals surface area contributed by atoms with E-state index in [1.54, 1.807) is 6.92 Å². The van der Waals surface area contributed by atoms with Gasteiger partial charge in [0.15, 0.2) is 0 Å². The van der Waals surface area contributed by atoms with Crippen LogP contribution in [0.15, 0.2) is 12.4 Å². The summed E-state index contributed by atoms with van der Waals surface area (Å²) in [5.41, 5.74) is 5.65. The normalized spacial score (nSPS) is 12.5. The molecule has 13 heavy (non-hydrogen) atoms. The van der Waals surface area contributed by atoms with Crippen molar-refractivity contribution < 1.29 is 9.90 Å². The van der Waals surface area contributed by atoms with Crippen LogP contribution in [0.3, 0.4) is 0 Å². The van der Waals surface area contributed by atoms with Gasteiger partial charge in [-0.15, -0.1) is 0 Å². The molecule has 1 aromatic heterocycles. The molecule has 0 aliphatic carbocycles. The van der Waals surface area contributed by atoms with Gasteiger partial charge in [-0.05, 0) is 0 Å². The van der Waals surface area contributed by atoms with Crippen LogP contribution in [0.5, 0.6) is 0 Å². The zero-order valence-electron chi connectivity index (χ0n) is 7.27. The van der Waals surface area contributed by atoms with Crippen LogP contribution < -0.4 is 5.73 Å². The van der Waals surface area contributed by atoms with Gasteiger partial charge in [0.1, 0.15) is 5.69 Å². The number of nitrogens with zero attached hydrogens (tertiary/aromatic N) is 2. The largest absolute Gasteiger partial charge is 0.396 e. The summed E-state index contributed by atoms with van der Waals surface area (Å²) in [5.74, 6) is -0.848. The van der Waals surface area contributed by atoms with Crippen LogP contribution in [0.2, 0.25) is 0 Å². The first-order chi connectivity index (χ1) is 6.16. The maximum atomic E-state index is 10.9. The van der Waals surface area contributed by atoms with Crippen LogP contribution in [0, 0.1) is 0 Å². The van der Waals surface area contributed by atoms with Gasteiger partial charge >= 0.3 is 0 Å². The van der Waals surface area contributed by atoms with Crippen molar-refractivity contribution in [3.05, 3.63) is 23.8 Å². The molecule has 1 heterocycles. The fourth-order valence-electron chi connectivity index (χ4n) is 0.986. The SMILES string of the molecule is C[C@H](CO)c1nccnc1C(N)=O. The van der Waals surface area contributed by atoms with Gasteiger partial charge in [-0.1, -0.05) is 6.92 Å². The molecule has 0 radical (unpaired) electrons. The van der Waals surface area contributed by atoms with Gasteiger partial charge in [-0.25, -0.2) is 4.98 Å². The molecule has 0 saturated carbocycles. The molecule has 0 bridgehead atoms. The first kappa shape index (κ1) is 9.60.